The molecular weight excluding hydrogens is 202 g/mol. The predicted octanol–water partition coefficient (Wildman–Crippen LogP) is 3.14. The lowest BCUT2D eigenvalue weighted by Gasteiger charge is -2.31. The predicted molar refractivity (Wildman–Crippen MR) is 68.2 cm³/mol. The number of aryl methyl sites for hydroxylation is 1. The summed E-state index contributed by atoms with van der Waals surface area (Å²) in [7, 11) is 0. The van der Waals surface area contributed by atoms with Crippen LogP contribution in [0.5, 0.6) is 0 Å². The van der Waals surface area contributed by atoms with Crippen molar-refractivity contribution in [1.82, 2.24) is 0 Å². The summed E-state index contributed by atoms with van der Waals surface area (Å²) >= 11 is 2.02. The van der Waals surface area contributed by atoms with Gasteiger partial charge in [0.25, 0.3) is 0 Å². The van der Waals surface area contributed by atoms with Crippen LogP contribution in [0.4, 0.5) is 0 Å². The zero-order valence-electron chi connectivity index (χ0n) is 9.44. The summed E-state index contributed by atoms with van der Waals surface area (Å²) in [5.41, 5.74) is 9.13. The van der Waals surface area contributed by atoms with Crippen molar-refractivity contribution >= 4 is 11.8 Å². The van der Waals surface area contributed by atoms with Gasteiger partial charge in [0.1, 0.15) is 0 Å². The zero-order chi connectivity index (χ0) is 10.8. The number of thioether (sulfide) groups is 1. The first-order valence-electron chi connectivity index (χ1n) is 5.67. The molecule has 2 N–H and O–H groups in total. The molecule has 0 heterocycles. The molecule has 1 aromatic rings. The van der Waals surface area contributed by atoms with E-state index in [1.165, 1.54) is 24.0 Å². The fourth-order valence-corrected chi connectivity index (χ4v) is 3.54. The molecule has 0 bridgehead atoms. The van der Waals surface area contributed by atoms with Crippen LogP contribution in [0.25, 0.3) is 0 Å². The van der Waals surface area contributed by atoms with E-state index in [1.807, 2.05) is 11.8 Å². The van der Waals surface area contributed by atoms with Gasteiger partial charge in [-0.25, -0.2) is 0 Å². The topological polar surface area (TPSA) is 26.0 Å². The molecular formula is C13H19NS. The number of hydrogen-bond donors (Lipinski definition) is 1. The van der Waals surface area contributed by atoms with Crippen LogP contribution in [-0.2, 0) is 6.42 Å². The van der Waals surface area contributed by atoms with Crippen molar-refractivity contribution in [3.8, 4) is 0 Å². The summed E-state index contributed by atoms with van der Waals surface area (Å²) in [6, 6.07) is 8.84. The Morgan fingerprint density at radius 3 is 2.80 bits per heavy atom. The van der Waals surface area contributed by atoms with E-state index in [-0.39, 0.29) is 6.04 Å². The molecule has 82 valence electrons. The molecule has 0 spiro atoms. The summed E-state index contributed by atoms with van der Waals surface area (Å²) in [6.07, 6.45) is 2.41. The van der Waals surface area contributed by atoms with Crippen molar-refractivity contribution in [2.75, 3.05) is 0 Å². The summed E-state index contributed by atoms with van der Waals surface area (Å²) < 4.78 is 0. The minimum absolute atomic E-state index is 0.224. The molecule has 1 aliphatic carbocycles. The van der Waals surface area contributed by atoms with E-state index in [2.05, 4.69) is 38.1 Å². The third-order valence-corrected chi connectivity index (χ3v) is 4.38. The molecule has 1 aliphatic rings. The van der Waals surface area contributed by atoms with Crippen molar-refractivity contribution in [1.29, 1.82) is 0 Å². The molecule has 2 unspecified atom stereocenters. The lowest BCUT2D eigenvalue weighted by Crippen LogP contribution is -2.30. The lowest BCUT2D eigenvalue weighted by atomic mass is 9.88. The van der Waals surface area contributed by atoms with Crippen molar-refractivity contribution in [3.63, 3.8) is 0 Å². The molecule has 0 fully saturated rings. The van der Waals surface area contributed by atoms with E-state index in [0.717, 1.165) is 0 Å². The Hall–Kier alpha value is -0.470. The molecule has 15 heavy (non-hydrogen) atoms. The Bertz CT molecular complexity index is 335. The van der Waals surface area contributed by atoms with Gasteiger partial charge in [-0.3, -0.25) is 0 Å². The molecule has 0 aliphatic heterocycles. The molecule has 1 aromatic carbocycles. The molecule has 2 rings (SSSR count). The zero-order valence-corrected chi connectivity index (χ0v) is 10.3. The molecule has 0 saturated heterocycles. The summed E-state index contributed by atoms with van der Waals surface area (Å²) in [5, 5.41) is 1.27. The molecule has 0 saturated carbocycles. The van der Waals surface area contributed by atoms with Gasteiger partial charge >= 0.3 is 0 Å². The highest BCUT2D eigenvalue weighted by Crippen LogP contribution is 2.36. The SMILES string of the molecule is CC(C)SC1CCc2ccccc2C1N. The third-order valence-electron chi connectivity index (χ3n) is 2.96. The Morgan fingerprint density at radius 1 is 1.33 bits per heavy atom. The minimum atomic E-state index is 0.224. The summed E-state index contributed by atoms with van der Waals surface area (Å²) in [5.74, 6) is 0. The number of hydrogen-bond acceptors (Lipinski definition) is 2. The fraction of sp³-hybridized carbons (Fsp3) is 0.538. The maximum Gasteiger partial charge on any atom is 0.0418 e. The van der Waals surface area contributed by atoms with E-state index in [1.54, 1.807) is 0 Å². The highest BCUT2D eigenvalue weighted by Gasteiger charge is 2.27. The van der Waals surface area contributed by atoms with Crippen LogP contribution in [-0.4, -0.2) is 10.5 Å². The highest BCUT2D eigenvalue weighted by molar-refractivity contribution is 8.00. The molecule has 2 heteroatoms. The van der Waals surface area contributed by atoms with E-state index in [9.17, 15) is 0 Å². The van der Waals surface area contributed by atoms with E-state index in [4.69, 9.17) is 5.73 Å². The van der Waals surface area contributed by atoms with Gasteiger partial charge < -0.3 is 5.73 Å². The van der Waals surface area contributed by atoms with Crippen LogP contribution in [0.3, 0.4) is 0 Å². The van der Waals surface area contributed by atoms with Gasteiger partial charge in [-0.1, -0.05) is 38.1 Å². The number of nitrogens with two attached hydrogens (primary N) is 1. The number of rotatable bonds is 2. The van der Waals surface area contributed by atoms with Crippen LogP contribution >= 0.6 is 11.8 Å². The monoisotopic (exact) mass is 221 g/mol. The van der Waals surface area contributed by atoms with Gasteiger partial charge in [0, 0.05) is 11.3 Å². The van der Waals surface area contributed by atoms with Crippen LogP contribution in [0.15, 0.2) is 24.3 Å². The van der Waals surface area contributed by atoms with Gasteiger partial charge in [-0.05, 0) is 29.2 Å². The maximum absolute atomic E-state index is 6.32. The summed E-state index contributed by atoms with van der Waals surface area (Å²) in [4.78, 5) is 0. The quantitative estimate of drug-likeness (QED) is 0.830. The Kier molecular flexibility index (Phi) is 3.37. The Morgan fingerprint density at radius 2 is 2.07 bits per heavy atom. The van der Waals surface area contributed by atoms with Crippen LogP contribution < -0.4 is 5.73 Å². The first-order chi connectivity index (χ1) is 7.18. The Balaban J connectivity index is 2.18. The van der Waals surface area contributed by atoms with Gasteiger partial charge in [0.05, 0.1) is 0 Å². The van der Waals surface area contributed by atoms with Gasteiger partial charge in [-0.2, -0.15) is 11.8 Å². The summed E-state index contributed by atoms with van der Waals surface area (Å²) in [6.45, 7) is 4.50. The van der Waals surface area contributed by atoms with Crippen LogP contribution in [0, 0.1) is 0 Å². The number of benzene rings is 1. The smallest absolute Gasteiger partial charge is 0.0418 e. The van der Waals surface area contributed by atoms with Crippen LogP contribution in [0.2, 0.25) is 0 Å². The van der Waals surface area contributed by atoms with Crippen LogP contribution in [0.1, 0.15) is 37.4 Å². The molecule has 2 atom stereocenters. The van der Waals surface area contributed by atoms with Gasteiger partial charge in [0.2, 0.25) is 0 Å². The van der Waals surface area contributed by atoms with Gasteiger partial charge in [-0.15, -0.1) is 0 Å². The molecule has 0 amide bonds. The normalized spacial score (nSPS) is 25.3. The van der Waals surface area contributed by atoms with E-state index >= 15 is 0 Å². The largest absolute Gasteiger partial charge is 0.323 e. The second kappa shape index (κ2) is 4.58. The standard InChI is InChI=1S/C13H19NS/c1-9(2)15-12-8-7-10-5-3-4-6-11(10)13(12)14/h3-6,9,12-13H,7-8,14H2,1-2H3. The van der Waals surface area contributed by atoms with Crippen molar-refractivity contribution in [3.05, 3.63) is 35.4 Å². The fourth-order valence-electron chi connectivity index (χ4n) is 2.27. The van der Waals surface area contributed by atoms with E-state index in [0.29, 0.717) is 10.5 Å². The van der Waals surface area contributed by atoms with Gasteiger partial charge in [0.15, 0.2) is 0 Å². The molecule has 0 radical (unpaired) electrons. The maximum atomic E-state index is 6.32. The average Bonchev–Trinajstić information content (AvgIpc) is 2.22. The first kappa shape index (κ1) is 11.0. The molecule has 1 nitrogen and oxygen atoms in total. The average molecular weight is 221 g/mol. The van der Waals surface area contributed by atoms with E-state index < -0.39 is 0 Å². The molecule has 0 aromatic heterocycles. The van der Waals surface area contributed by atoms with Crippen molar-refractivity contribution in [2.24, 2.45) is 5.73 Å². The minimum Gasteiger partial charge on any atom is -0.323 e. The second-order valence-corrected chi connectivity index (χ2v) is 6.31. The van der Waals surface area contributed by atoms with Crippen molar-refractivity contribution < 1.29 is 0 Å². The Labute approximate surface area is 96.4 Å². The second-order valence-electron chi connectivity index (χ2n) is 4.49. The lowest BCUT2D eigenvalue weighted by molar-refractivity contribution is 0.585. The number of fused-ring (bicyclic) bond motifs is 1. The van der Waals surface area contributed by atoms with Crippen molar-refractivity contribution in [2.45, 2.75) is 43.2 Å². The first-order valence-corrected chi connectivity index (χ1v) is 6.61. The third kappa shape index (κ3) is 2.37. The highest BCUT2D eigenvalue weighted by atomic mass is 32.2.